The van der Waals surface area contributed by atoms with Crippen LogP contribution in [0, 0.1) is 0 Å². The zero-order valence-electron chi connectivity index (χ0n) is 13.2. The molecule has 0 aliphatic carbocycles. The van der Waals surface area contributed by atoms with Crippen LogP contribution in [0.2, 0.25) is 0 Å². The molecule has 1 unspecified atom stereocenters. The molecule has 3 nitrogen and oxygen atoms in total. The van der Waals surface area contributed by atoms with Crippen molar-refractivity contribution < 1.29 is 9.90 Å². The van der Waals surface area contributed by atoms with E-state index in [0.29, 0.717) is 0 Å². The number of rotatable bonds is 7. The van der Waals surface area contributed by atoms with Crippen LogP contribution < -0.4 is 0 Å². The van der Waals surface area contributed by atoms with Crippen LogP contribution in [0.1, 0.15) is 78.6 Å². The predicted octanol–water partition coefficient (Wildman–Crippen LogP) is 4.31. The lowest BCUT2D eigenvalue weighted by molar-refractivity contribution is -0.134. The molecule has 0 spiro atoms. The van der Waals surface area contributed by atoms with E-state index in [-0.39, 0.29) is 0 Å². The van der Waals surface area contributed by atoms with Crippen LogP contribution in [0.5, 0.6) is 0 Å². The number of nitrogens with zero attached hydrogens (tertiary/aromatic N) is 1. The summed E-state index contributed by atoms with van der Waals surface area (Å²) in [6, 6.07) is 0.926. The van der Waals surface area contributed by atoms with Gasteiger partial charge in [-0.05, 0) is 38.8 Å². The molecule has 0 aromatic carbocycles. The van der Waals surface area contributed by atoms with Crippen molar-refractivity contribution in [2.75, 3.05) is 13.1 Å². The summed E-state index contributed by atoms with van der Waals surface area (Å²) in [6.07, 6.45) is 12.8. The first-order valence-electron chi connectivity index (χ1n) is 8.05. The number of aliphatic carboxylic acids is 1. The van der Waals surface area contributed by atoms with Crippen molar-refractivity contribution in [1.82, 2.24) is 4.90 Å². The van der Waals surface area contributed by atoms with Crippen LogP contribution >= 0.6 is 0 Å². The fourth-order valence-electron chi connectivity index (χ4n) is 2.69. The lowest BCUT2D eigenvalue weighted by Crippen LogP contribution is -2.40. The number of unbranched alkanes of at least 4 members (excludes halogenated alkanes) is 3. The number of carboxylic acids is 1. The van der Waals surface area contributed by atoms with E-state index in [1.54, 1.807) is 0 Å². The summed E-state index contributed by atoms with van der Waals surface area (Å²) in [6.45, 7) is 8.43. The minimum atomic E-state index is -0.833. The molecule has 0 aromatic heterocycles. The summed E-state index contributed by atoms with van der Waals surface area (Å²) in [4.78, 5) is 11.8. The third-order valence-corrected chi connectivity index (χ3v) is 3.69. The summed E-state index contributed by atoms with van der Waals surface area (Å²) in [7, 11) is 0. The van der Waals surface area contributed by atoms with Crippen molar-refractivity contribution in [3.8, 4) is 0 Å². The van der Waals surface area contributed by atoms with Crippen molar-refractivity contribution in [3.05, 3.63) is 0 Å². The van der Waals surface area contributed by atoms with Gasteiger partial charge in [-0.25, -0.2) is 0 Å². The van der Waals surface area contributed by atoms with Gasteiger partial charge in [-0.1, -0.05) is 46.0 Å². The fourth-order valence-corrected chi connectivity index (χ4v) is 2.69. The standard InChI is InChI=1S/C14H29N.C2H4O2/c1-3-5-8-12-15-13-9-7-11-14(15)10-6-4-2;1-2(3)4/h14H,3-13H2,1-2H3;1H3,(H,3,4). The maximum Gasteiger partial charge on any atom is 0.300 e. The summed E-state index contributed by atoms with van der Waals surface area (Å²) in [5, 5.41) is 7.42. The monoisotopic (exact) mass is 271 g/mol. The van der Waals surface area contributed by atoms with Gasteiger partial charge < -0.3 is 10.0 Å². The van der Waals surface area contributed by atoms with E-state index in [4.69, 9.17) is 9.90 Å². The largest absolute Gasteiger partial charge is 0.481 e. The topological polar surface area (TPSA) is 40.5 Å². The second-order valence-electron chi connectivity index (χ2n) is 5.55. The molecule has 1 aliphatic heterocycles. The molecule has 114 valence electrons. The van der Waals surface area contributed by atoms with Gasteiger partial charge in [-0.3, -0.25) is 4.79 Å². The third-order valence-electron chi connectivity index (χ3n) is 3.69. The molecule has 0 saturated carbocycles. The Kier molecular flexibility index (Phi) is 12.1. The van der Waals surface area contributed by atoms with Crippen molar-refractivity contribution in [2.45, 2.75) is 84.6 Å². The predicted molar refractivity (Wildman–Crippen MR) is 81.6 cm³/mol. The summed E-state index contributed by atoms with van der Waals surface area (Å²) < 4.78 is 0. The highest BCUT2D eigenvalue weighted by Gasteiger charge is 2.20. The van der Waals surface area contributed by atoms with Crippen LogP contribution in [-0.4, -0.2) is 35.1 Å². The maximum atomic E-state index is 9.00. The number of piperidine rings is 1. The van der Waals surface area contributed by atoms with Gasteiger partial charge >= 0.3 is 0 Å². The number of likely N-dealkylation sites (tertiary alicyclic amines) is 1. The van der Waals surface area contributed by atoms with E-state index < -0.39 is 5.97 Å². The van der Waals surface area contributed by atoms with Crippen molar-refractivity contribution in [1.29, 1.82) is 0 Å². The van der Waals surface area contributed by atoms with Crippen LogP contribution in [0.25, 0.3) is 0 Å². The summed E-state index contributed by atoms with van der Waals surface area (Å²) in [5.74, 6) is -0.833. The number of hydrogen-bond acceptors (Lipinski definition) is 2. The average molecular weight is 271 g/mol. The molecule has 19 heavy (non-hydrogen) atoms. The summed E-state index contributed by atoms with van der Waals surface area (Å²) in [5.41, 5.74) is 0. The molecule has 1 atom stereocenters. The van der Waals surface area contributed by atoms with Gasteiger partial charge in [0.05, 0.1) is 0 Å². The Hall–Kier alpha value is -0.570. The van der Waals surface area contributed by atoms with E-state index in [1.165, 1.54) is 70.9 Å². The fraction of sp³-hybridized carbons (Fsp3) is 0.938. The Bertz CT molecular complexity index is 215. The van der Waals surface area contributed by atoms with Crippen molar-refractivity contribution >= 4 is 5.97 Å². The molecular formula is C16H33NO2. The number of carboxylic acid groups (broad SMARTS) is 1. The van der Waals surface area contributed by atoms with Crippen LogP contribution in [0.4, 0.5) is 0 Å². The maximum absolute atomic E-state index is 9.00. The molecule has 1 fully saturated rings. The normalized spacial score (nSPS) is 19.6. The van der Waals surface area contributed by atoms with Gasteiger partial charge in [0.2, 0.25) is 0 Å². The highest BCUT2D eigenvalue weighted by Crippen LogP contribution is 2.21. The summed E-state index contributed by atoms with van der Waals surface area (Å²) >= 11 is 0. The number of hydrogen-bond donors (Lipinski definition) is 1. The van der Waals surface area contributed by atoms with Crippen LogP contribution in [-0.2, 0) is 4.79 Å². The Morgan fingerprint density at radius 2 is 1.79 bits per heavy atom. The molecule has 0 amide bonds. The van der Waals surface area contributed by atoms with Gasteiger partial charge in [0.1, 0.15) is 0 Å². The Morgan fingerprint density at radius 1 is 1.16 bits per heavy atom. The van der Waals surface area contributed by atoms with Crippen LogP contribution in [0.3, 0.4) is 0 Å². The smallest absolute Gasteiger partial charge is 0.300 e. The molecule has 0 aromatic rings. The first-order valence-corrected chi connectivity index (χ1v) is 8.05. The Balaban J connectivity index is 0.000000711. The van der Waals surface area contributed by atoms with E-state index in [0.717, 1.165) is 13.0 Å². The molecule has 1 heterocycles. The van der Waals surface area contributed by atoms with Gasteiger partial charge in [0, 0.05) is 13.0 Å². The number of carbonyl (C=O) groups is 1. The van der Waals surface area contributed by atoms with E-state index in [1.807, 2.05) is 0 Å². The lowest BCUT2D eigenvalue weighted by Gasteiger charge is -2.35. The zero-order chi connectivity index (χ0) is 14.5. The minimum Gasteiger partial charge on any atom is -0.481 e. The molecule has 1 N–H and O–H groups in total. The Morgan fingerprint density at radius 3 is 2.37 bits per heavy atom. The average Bonchev–Trinajstić information content (AvgIpc) is 2.37. The van der Waals surface area contributed by atoms with Gasteiger partial charge in [-0.2, -0.15) is 0 Å². The molecule has 0 bridgehead atoms. The second kappa shape index (κ2) is 12.5. The molecule has 1 rings (SSSR count). The molecule has 0 radical (unpaired) electrons. The zero-order valence-corrected chi connectivity index (χ0v) is 13.2. The lowest BCUT2D eigenvalue weighted by atomic mass is 9.97. The van der Waals surface area contributed by atoms with E-state index in [9.17, 15) is 0 Å². The highest BCUT2D eigenvalue weighted by atomic mass is 16.4. The first kappa shape index (κ1) is 18.4. The molecule has 1 saturated heterocycles. The Labute approximate surface area is 119 Å². The first-order chi connectivity index (χ1) is 9.11. The van der Waals surface area contributed by atoms with Gasteiger partial charge in [0.25, 0.3) is 5.97 Å². The van der Waals surface area contributed by atoms with Crippen molar-refractivity contribution in [2.24, 2.45) is 0 Å². The third kappa shape index (κ3) is 11.0. The quantitative estimate of drug-likeness (QED) is 0.701. The SMILES string of the molecule is CC(=O)O.CCCCCN1CCCCC1CCCC. The molecule has 1 aliphatic rings. The second-order valence-corrected chi connectivity index (χ2v) is 5.55. The van der Waals surface area contributed by atoms with Crippen LogP contribution in [0.15, 0.2) is 0 Å². The van der Waals surface area contributed by atoms with Gasteiger partial charge in [-0.15, -0.1) is 0 Å². The molecule has 3 heteroatoms. The van der Waals surface area contributed by atoms with Crippen molar-refractivity contribution in [3.63, 3.8) is 0 Å². The highest BCUT2D eigenvalue weighted by molar-refractivity contribution is 5.62. The van der Waals surface area contributed by atoms with E-state index >= 15 is 0 Å². The minimum absolute atomic E-state index is 0.833. The van der Waals surface area contributed by atoms with E-state index in [2.05, 4.69) is 18.7 Å². The molecular weight excluding hydrogens is 238 g/mol. The van der Waals surface area contributed by atoms with Gasteiger partial charge in [0.15, 0.2) is 0 Å².